The highest BCUT2D eigenvalue weighted by molar-refractivity contribution is 5.82. The summed E-state index contributed by atoms with van der Waals surface area (Å²) < 4.78 is 5.25. The first-order chi connectivity index (χ1) is 10.3. The van der Waals surface area contributed by atoms with E-state index in [1.54, 1.807) is 7.11 Å². The number of piperidine rings is 1. The minimum Gasteiger partial charge on any atom is -0.383 e. The van der Waals surface area contributed by atoms with Crippen LogP contribution in [0.15, 0.2) is 36.5 Å². The van der Waals surface area contributed by atoms with Crippen molar-refractivity contribution in [2.45, 2.75) is 24.9 Å². The van der Waals surface area contributed by atoms with Gasteiger partial charge in [-0.25, -0.2) is 0 Å². The molecule has 1 aromatic heterocycles. The lowest BCUT2D eigenvalue weighted by molar-refractivity contribution is 0.0853. The summed E-state index contributed by atoms with van der Waals surface area (Å²) in [5, 5.41) is 1.18. The largest absolute Gasteiger partial charge is 0.383 e. The number of likely N-dealkylation sites (tertiary alicyclic amines) is 1. The van der Waals surface area contributed by atoms with Gasteiger partial charge >= 0.3 is 0 Å². The number of hydrogen-bond donors (Lipinski definition) is 1. The Labute approximate surface area is 125 Å². The van der Waals surface area contributed by atoms with E-state index in [-0.39, 0.29) is 12.1 Å². The van der Waals surface area contributed by atoms with Gasteiger partial charge in [0.25, 0.3) is 0 Å². The fraction of sp³-hybridized carbons (Fsp3) is 0.471. The first kappa shape index (κ1) is 14.4. The zero-order chi connectivity index (χ0) is 14.7. The summed E-state index contributed by atoms with van der Waals surface area (Å²) in [4.78, 5) is 7.04. The second-order valence-electron chi connectivity index (χ2n) is 5.70. The van der Waals surface area contributed by atoms with E-state index in [1.165, 1.54) is 10.9 Å². The van der Waals surface area contributed by atoms with Crippen molar-refractivity contribution in [1.82, 2.24) is 9.88 Å². The minimum atomic E-state index is 0.156. The van der Waals surface area contributed by atoms with Gasteiger partial charge < -0.3 is 10.5 Å². The summed E-state index contributed by atoms with van der Waals surface area (Å²) in [6, 6.07) is 10.9. The maximum atomic E-state index is 6.45. The van der Waals surface area contributed by atoms with Gasteiger partial charge in [-0.15, -0.1) is 0 Å². The molecule has 1 aromatic carbocycles. The lowest BCUT2D eigenvalue weighted by atomic mass is 9.89. The topological polar surface area (TPSA) is 51.4 Å². The Bertz CT molecular complexity index is 596. The number of aromatic nitrogens is 1. The van der Waals surface area contributed by atoms with Gasteiger partial charge in [0.1, 0.15) is 0 Å². The zero-order valence-corrected chi connectivity index (χ0v) is 12.5. The average molecular weight is 285 g/mol. The molecule has 1 aliphatic rings. The maximum absolute atomic E-state index is 6.45. The summed E-state index contributed by atoms with van der Waals surface area (Å²) in [5.41, 5.74) is 8.77. The molecule has 2 aromatic rings. The van der Waals surface area contributed by atoms with Crippen LogP contribution in [0.2, 0.25) is 0 Å². The van der Waals surface area contributed by atoms with E-state index in [4.69, 9.17) is 10.5 Å². The molecule has 1 fully saturated rings. The molecule has 2 heterocycles. The van der Waals surface area contributed by atoms with Gasteiger partial charge in [0.05, 0.1) is 18.2 Å². The third kappa shape index (κ3) is 2.93. The highest BCUT2D eigenvalue weighted by atomic mass is 16.5. The molecule has 112 valence electrons. The molecule has 0 spiro atoms. The molecule has 1 saturated heterocycles. The number of hydrogen-bond acceptors (Lipinski definition) is 4. The monoisotopic (exact) mass is 285 g/mol. The van der Waals surface area contributed by atoms with E-state index in [0.29, 0.717) is 0 Å². The van der Waals surface area contributed by atoms with Crippen molar-refractivity contribution >= 4 is 10.9 Å². The summed E-state index contributed by atoms with van der Waals surface area (Å²) in [6.07, 6.45) is 4.08. The van der Waals surface area contributed by atoms with Gasteiger partial charge in [-0.3, -0.25) is 9.88 Å². The number of methoxy groups -OCH3 is 1. The van der Waals surface area contributed by atoms with Gasteiger partial charge in [-0.2, -0.15) is 0 Å². The smallest absolute Gasteiger partial charge is 0.0750 e. The molecule has 2 unspecified atom stereocenters. The summed E-state index contributed by atoms with van der Waals surface area (Å²) in [6.45, 7) is 2.73. The molecule has 21 heavy (non-hydrogen) atoms. The van der Waals surface area contributed by atoms with Crippen LogP contribution >= 0.6 is 0 Å². The lowest BCUT2D eigenvalue weighted by Gasteiger charge is -2.40. The third-order valence-electron chi connectivity index (χ3n) is 4.35. The van der Waals surface area contributed by atoms with E-state index >= 15 is 0 Å². The quantitative estimate of drug-likeness (QED) is 0.937. The molecule has 2 atom stereocenters. The minimum absolute atomic E-state index is 0.156. The highest BCUT2D eigenvalue weighted by Gasteiger charge is 2.31. The van der Waals surface area contributed by atoms with Crippen LogP contribution < -0.4 is 5.73 Å². The molecule has 3 rings (SSSR count). The number of ether oxygens (including phenoxy) is 1. The molecule has 0 aliphatic carbocycles. The Morgan fingerprint density at radius 3 is 3.05 bits per heavy atom. The Morgan fingerprint density at radius 2 is 2.19 bits per heavy atom. The number of benzene rings is 1. The Balaban J connectivity index is 2.00. The number of rotatable bonds is 4. The van der Waals surface area contributed by atoms with E-state index in [2.05, 4.69) is 34.1 Å². The third-order valence-corrected chi connectivity index (χ3v) is 4.35. The van der Waals surface area contributed by atoms with Gasteiger partial charge in [-0.1, -0.05) is 24.3 Å². The van der Waals surface area contributed by atoms with Crippen molar-refractivity contribution in [3.8, 4) is 0 Å². The van der Waals surface area contributed by atoms with Crippen LogP contribution in [-0.4, -0.2) is 42.7 Å². The molecule has 0 radical (unpaired) electrons. The predicted molar refractivity (Wildman–Crippen MR) is 85.1 cm³/mol. The number of pyridine rings is 1. The van der Waals surface area contributed by atoms with Crippen molar-refractivity contribution in [3.63, 3.8) is 0 Å². The number of nitrogens with two attached hydrogens (primary N) is 1. The molecule has 2 N–H and O–H groups in total. The van der Waals surface area contributed by atoms with Crippen LogP contribution in [0.4, 0.5) is 0 Å². The van der Waals surface area contributed by atoms with Gasteiger partial charge in [0.2, 0.25) is 0 Å². The molecule has 4 nitrogen and oxygen atoms in total. The molecular weight excluding hydrogens is 262 g/mol. The standard InChI is InChI=1S/C17H23N3O/c1-21-12-11-20-10-4-8-15(18)17(20)14-7-2-5-13-6-3-9-19-16(13)14/h2-3,5-7,9,15,17H,4,8,10-12,18H2,1H3. The SMILES string of the molecule is COCCN1CCCC(N)C1c1cccc2cccnc12. The fourth-order valence-electron chi connectivity index (χ4n) is 3.35. The molecule has 0 amide bonds. The molecule has 1 aliphatic heterocycles. The van der Waals surface area contributed by atoms with E-state index in [0.717, 1.165) is 38.1 Å². The van der Waals surface area contributed by atoms with Crippen molar-refractivity contribution in [2.24, 2.45) is 5.73 Å². The van der Waals surface area contributed by atoms with Crippen molar-refractivity contribution in [2.75, 3.05) is 26.8 Å². The first-order valence-electron chi connectivity index (χ1n) is 7.63. The van der Waals surface area contributed by atoms with Crippen LogP contribution in [0, 0.1) is 0 Å². The summed E-state index contributed by atoms with van der Waals surface area (Å²) in [7, 11) is 1.75. The van der Waals surface area contributed by atoms with Gasteiger partial charge in [-0.05, 0) is 31.0 Å². The number of para-hydroxylation sites is 1. The van der Waals surface area contributed by atoms with Crippen LogP contribution in [0.3, 0.4) is 0 Å². The molecular formula is C17H23N3O. The fourth-order valence-corrected chi connectivity index (χ4v) is 3.35. The Morgan fingerprint density at radius 1 is 1.33 bits per heavy atom. The van der Waals surface area contributed by atoms with E-state index in [9.17, 15) is 0 Å². The van der Waals surface area contributed by atoms with Crippen molar-refractivity contribution < 1.29 is 4.74 Å². The van der Waals surface area contributed by atoms with Crippen LogP contribution in [0.25, 0.3) is 10.9 Å². The number of nitrogens with zero attached hydrogens (tertiary/aromatic N) is 2. The van der Waals surface area contributed by atoms with Gasteiger partial charge in [0.15, 0.2) is 0 Å². The Kier molecular flexibility index (Phi) is 4.48. The van der Waals surface area contributed by atoms with Crippen LogP contribution in [-0.2, 0) is 4.74 Å². The van der Waals surface area contributed by atoms with Gasteiger partial charge in [0, 0.05) is 31.3 Å². The van der Waals surface area contributed by atoms with Crippen molar-refractivity contribution in [3.05, 3.63) is 42.1 Å². The van der Waals surface area contributed by atoms with Crippen LogP contribution in [0.5, 0.6) is 0 Å². The highest BCUT2D eigenvalue weighted by Crippen LogP contribution is 2.33. The second kappa shape index (κ2) is 6.52. The normalized spacial score (nSPS) is 23.5. The predicted octanol–water partition coefficient (Wildman–Crippen LogP) is 2.35. The average Bonchev–Trinajstić information content (AvgIpc) is 2.52. The van der Waals surface area contributed by atoms with Crippen molar-refractivity contribution in [1.29, 1.82) is 0 Å². The second-order valence-corrected chi connectivity index (χ2v) is 5.70. The van der Waals surface area contributed by atoms with E-state index in [1.807, 2.05) is 12.3 Å². The summed E-state index contributed by atoms with van der Waals surface area (Å²) in [5.74, 6) is 0. The lowest BCUT2D eigenvalue weighted by Crippen LogP contribution is -2.47. The maximum Gasteiger partial charge on any atom is 0.0750 e. The molecule has 0 bridgehead atoms. The number of fused-ring (bicyclic) bond motifs is 1. The molecule has 4 heteroatoms. The van der Waals surface area contributed by atoms with E-state index < -0.39 is 0 Å². The zero-order valence-electron chi connectivity index (χ0n) is 12.5. The van der Waals surface area contributed by atoms with Crippen LogP contribution in [0.1, 0.15) is 24.4 Å². The Hall–Kier alpha value is -1.49. The molecule has 0 saturated carbocycles. The summed E-state index contributed by atoms with van der Waals surface area (Å²) >= 11 is 0. The first-order valence-corrected chi connectivity index (χ1v) is 7.63.